The maximum Gasteiger partial charge on any atom is 0.355 e. The Morgan fingerprint density at radius 3 is 2.89 bits per heavy atom. The summed E-state index contributed by atoms with van der Waals surface area (Å²) in [5, 5.41) is 22.2. The summed E-state index contributed by atoms with van der Waals surface area (Å²) in [5.74, 6) is -0.136. The van der Waals surface area contributed by atoms with E-state index in [0.717, 1.165) is 24.3 Å². The fourth-order valence-electron chi connectivity index (χ4n) is 4.68. The minimum absolute atomic E-state index is 0.00978. The average molecular weight is 426 g/mol. The number of benzene rings is 1. The Hall–Kier alpha value is -1.70. The van der Waals surface area contributed by atoms with Gasteiger partial charge in [0.05, 0.1) is 22.7 Å². The maximum absolute atomic E-state index is 13.6. The van der Waals surface area contributed by atoms with Crippen molar-refractivity contribution in [2.24, 2.45) is 17.8 Å². The van der Waals surface area contributed by atoms with E-state index < -0.39 is 17.9 Å². The molecule has 1 heterocycles. The van der Waals surface area contributed by atoms with E-state index in [9.17, 15) is 14.3 Å². The fraction of sp³-hybridized carbons (Fsp3) is 0.500. The number of hydrogen-bond acceptors (Lipinski definition) is 5. The first-order valence-electron chi connectivity index (χ1n) is 9.37. The van der Waals surface area contributed by atoms with E-state index >= 15 is 0 Å². The van der Waals surface area contributed by atoms with Crippen LogP contribution in [0.2, 0.25) is 5.02 Å². The van der Waals surface area contributed by atoms with Crippen LogP contribution in [-0.4, -0.2) is 33.9 Å². The number of hydrogen-bond donors (Lipinski definition) is 2. The molecule has 0 aliphatic heterocycles. The number of ether oxygens (including phenoxy) is 1. The van der Waals surface area contributed by atoms with Crippen molar-refractivity contribution in [3.63, 3.8) is 0 Å². The van der Waals surface area contributed by atoms with E-state index in [1.165, 1.54) is 23.5 Å². The number of aliphatic hydroxyl groups is 1. The Kier molecular flexibility index (Phi) is 5.58. The maximum atomic E-state index is 13.6. The number of aliphatic hydroxyl groups excluding tert-OH is 1. The molecule has 2 aliphatic rings. The third kappa shape index (κ3) is 3.88. The number of aromatic carboxylic acids is 1. The molecule has 2 aliphatic carbocycles. The SMILES string of the molecule is O=C(O)c1csc([C@H]2CC[C@H]3[C@@H](C2)C[C@H](O)[C@@H]3COc2ccc(Cl)c(F)c2)n1. The molecule has 5 atom stereocenters. The van der Waals surface area contributed by atoms with E-state index in [-0.39, 0.29) is 22.6 Å². The zero-order valence-electron chi connectivity index (χ0n) is 15.1. The van der Waals surface area contributed by atoms with Crippen LogP contribution in [0.3, 0.4) is 0 Å². The summed E-state index contributed by atoms with van der Waals surface area (Å²) < 4.78 is 19.3. The summed E-state index contributed by atoms with van der Waals surface area (Å²) in [6.45, 7) is 0.342. The van der Waals surface area contributed by atoms with Gasteiger partial charge in [0.25, 0.3) is 0 Å². The monoisotopic (exact) mass is 425 g/mol. The second-order valence-electron chi connectivity index (χ2n) is 7.66. The first-order chi connectivity index (χ1) is 13.4. The minimum atomic E-state index is -0.997. The third-order valence-corrected chi connectivity index (χ3v) is 7.37. The summed E-state index contributed by atoms with van der Waals surface area (Å²) in [4.78, 5) is 15.3. The molecule has 2 fully saturated rings. The summed E-state index contributed by atoms with van der Waals surface area (Å²) >= 11 is 7.10. The highest BCUT2D eigenvalue weighted by Gasteiger charge is 2.46. The van der Waals surface area contributed by atoms with E-state index in [0.29, 0.717) is 30.6 Å². The Balaban J connectivity index is 1.39. The normalized spacial score (nSPS) is 29.5. The molecule has 2 saturated carbocycles. The Bertz CT molecular complexity index is 876. The van der Waals surface area contributed by atoms with Crippen molar-refractivity contribution in [2.75, 3.05) is 6.61 Å². The van der Waals surface area contributed by atoms with Crippen LogP contribution in [0.1, 0.15) is 47.1 Å². The van der Waals surface area contributed by atoms with Gasteiger partial charge < -0.3 is 14.9 Å². The second-order valence-corrected chi connectivity index (χ2v) is 8.96. The molecule has 0 spiro atoms. The third-order valence-electron chi connectivity index (χ3n) is 6.05. The van der Waals surface area contributed by atoms with Gasteiger partial charge in [0.1, 0.15) is 11.6 Å². The fourth-order valence-corrected chi connectivity index (χ4v) is 5.74. The number of carbonyl (C=O) groups is 1. The van der Waals surface area contributed by atoms with Crippen molar-refractivity contribution in [1.82, 2.24) is 4.98 Å². The van der Waals surface area contributed by atoms with Crippen LogP contribution in [0.15, 0.2) is 23.6 Å². The van der Waals surface area contributed by atoms with Gasteiger partial charge in [-0.3, -0.25) is 0 Å². The van der Waals surface area contributed by atoms with E-state index in [1.54, 1.807) is 11.4 Å². The van der Waals surface area contributed by atoms with Crippen molar-refractivity contribution in [3.05, 3.63) is 45.1 Å². The second kappa shape index (κ2) is 7.97. The number of aromatic nitrogens is 1. The number of fused-ring (bicyclic) bond motifs is 1. The Morgan fingerprint density at radius 1 is 1.36 bits per heavy atom. The van der Waals surface area contributed by atoms with Crippen LogP contribution in [0.25, 0.3) is 0 Å². The highest BCUT2D eigenvalue weighted by atomic mass is 35.5. The highest BCUT2D eigenvalue weighted by molar-refractivity contribution is 7.09. The predicted octanol–water partition coefficient (Wildman–Crippen LogP) is 4.59. The average Bonchev–Trinajstić information content (AvgIpc) is 3.27. The van der Waals surface area contributed by atoms with Gasteiger partial charge in [-0.05, 0) is 49.7 Å². The van der Waals surface area contributed by atoms with Crippen molar-refractivity contribution >= 4 is 28.9 Å². The molecule has 0 radical (unpaired) electrons. The molecule has 4 rings (SSSR count). The first-order valence-corrected chi connectivity index (χ1v) is 10.6. The van der Waals surface area contributed by atoms with Crippen LogP contribution >= 0.6 is 22.9 Å². The lowest BCUT2D eigenvalue weighted by Gasteiger charge is -2.33. The van der Waals surface area contributed by atoms with Crippen LogP contribution in [0, 0.1) is 23.6 Å². The van der Waals surface area contributed by atoms with Gasteiger partial charge >= 0.3 is 5.97 Å². The molecule has 0 bridgehead atoms. The number of rotatable bonds is 5. The lowest BCUT2D eigenvalue weighted by Crippen LogP contribution is -2.29. The molecule has 1 aromatic carbocycles. The van der Waals surface area contributed by atoms with Gasteiger partial charge in [0.2, 0.25) is 0 Å². The number of carboxylic acids is 1. The molecular formula is C20H21ClFNO4S. The lowest BCUT2D eigenvalue weighted by molar-refractivity contribution is 0.0689. The Labute approximate surface area is 171 Å². The molecule has 2 N–H and O–H groups in total. The molecule has 1 aromatic heterocycles. The van der Waals surface area contributed by atoms with Gasteiger partial charge in [-0.1, -0.05) is 11.6 Å². The smallest absolute Gasteiger partial charge is 0.355 e. The van der Waals surface area contributed by atoms with Crippen molar-refractivity contribution in [1.29, 1.82) is 0 Å². The van der Waals surface area contributed by atoms with Crippen LogP contribution in [0.5, 0.6) is 5.75 Å². The number of carboxylic acid groups (broad SMARTS) is 1. The topological polar surface area (TPSA) is 79.7 Å². The molecule has 0 amide bonds. The standard InChI is InChI=1S/C20H21ClFNO4S/c21-15-4-2-12(7-16(15)22)27-8-14-13-3-1-10(5-11(13)6-18(14)24)19-23-17(9-28-19)20(25)26/h2,4,7,9-11,13-14,18,24H,1,3,5-6,8H2,(H,25,26)/t10-,11-,13-,14+,18-/m0/s1. The molecule has 0 saturated heterocycles. The molecule has 150 valence electrons. The highest BCUT2D eigenvalue weighted by Crippen LogP contribution is 2.50. The number of halogens is 2. The molecule has 0 unspecified atom stereocenters. The Morgan fingerprint density at radius 2 is 2.18 bits per heavy atom. The largest absolute Gasteiger partial charge is 0.493 e. The van der Waals surface area contributed by atoms with Crippen molar-refractivity contribution < 1.29 is 24.1 Å². The number of nitrogens with zero attached hydrogens (tertiary/aromatic N) is 1. The summed E-state index contributed by atoms with van der Waals surface area (Å²) in [6.07, 6.45) is 3.03. The van der Waals surface area contributed by atoms with Gasteiger partial charge in [-0.2, -0.15) is 0 Å². The van der Waals surface area contributed by atoms with Crippen LogP contribution in [0.4, 0.5) is 4.39 Å². The van der Waals surface area contributed by atoms with Gasteiger partial charge in [-0.25, -0.2) is 14.2 Å². The zero-order chi connectivity index (χ0) is 19.8. The minimum Gasteiger partial charge on any atom is -0.493 e. The summed E-state index contributed by atoms with van der Waals surface area (Å²) in [5.41, 5.74) is 0.107. The molecule has 5 nitrogen and oxygen atoms in total. The van der Waals surface area contributed by atoms with Crippen LogP contribution < -0.4 is 4.74 Å². The van der Waals surface area contributed by atoms with Gasteiger partial charge in [-0.15, -0.1) is 11.3 Å². The zero-order valence-corrected chi connectivity index (χ0v) is 16.6. The predicted molar refractivity (Wildman–Crippen MR) is 104 cm³/mol. The lowest BCUT2D eigenvalue weighted by atomic mass is 9.73. The first kappa shape index (κ1) is 19.6. The van der Waals surface area contributed by atoms with E-state index in [1.807, 2.05) is 0 Å². The van der Waals surface area contributed by atoms with Crippen molar-refractivity contribution in [3.8, 4) is 5.75 Å². The summed E-state index contributed by atoms with van der Waals surface area (Å²) in [6, 6.07) is 4.36. The van der Waals surface area contributed by atoms with E-state index in [4.69, 9.17) is 21.4 Å². The number of thiazole rings is 1. The molecule has 8 heteroatoms. The molecular weight excluding hydrogens is 405 g/mol. The quantitative estimate of drug-likeness (QED) is 0.732. The molecule has 28 heavy (non-hydrogen) atoms. The van der Waals surface area contributed by atoms with Gasteiger partial charge in [0.15, 0.2) is 5.69 Å². The molecule has 2 aromatic rings. The van der Waals surface area contributed by atoms with Gasteiger partial charge in [0, 0.05) is 23.3 Å². The van der Waals surface area contributed by atoms with E-state index in [2.05, 4.69) is 4.98 Å². The van der Waals surface area contributed by atoms with Crippen molar-refractivity contribution in [2.45, 2.75) is 37.7 Å². The van der Waals surface area contributed by atoms with Crippen LogP contribution in [-0.2, 0) is 0 Å². The summed E-state index contributed by atoms with van der Waals surface area (Å²) in [7, 11) is 0.